The first-order valence-corrected chi connectivity index (χ1v) is 10.4. The highest BCUT2D eigenvalue weighted by atomic mass is 16.2. The van der Waals surface area contributed by atoms with Crippen molar-refractivity contribution in [2.24, 2.45) is 0 Å². The Morgan fingerprint density at radius 1 is 1.10 bits per heavy atom. The van der Waals surface area contributed by atoms with Gasteiger partial charge in [0.1, 0.15) is 0 Å². The second-order valence-corrected chi connectivity index (χ2v) is 8.03. The van der Waals surface area contributed by atoms with Gasteiger partial charge in [-0.25, -0.2) is 0 Å². The maximum absolute atomic E-state index is 12.5. The van der Waals surface area contributed by atoms with Gasteiger partial charge in [0.15, 0.2) is 0 Å². The minimum absolute atomic E-state index is 0.220. The van der Waals surface area contributed by atoms with Crippen molar-refractivity contribution in [2.45, 2.75) is 51.4 Å². The molecule has 5 heteroatoms. The van der Waals surface area contributed by atoms with E-state index >= 15 is 0 Å². The number of rotatable bonds is 6. The molecule has 0 aromatic heterocycles. The molecule has 1 aliphatic rings. The summed E-state index contributed by atoms with van der Waals surface area (Å²) in [6.45, 7) is 6.24. The largest absolute Gasteiger partial charge is 0.323 e. The topological polar surface area (TPSA) is 75.3 Å². The summed E-state index contributed by atoms with van der Waals surface area (Å²) in [5, 5.41) is 5.29. The predicted molar refractivity (Wildman–Crippen MR) is 119 cm³/mol. The number of hydrogen-bond acceptors (Lipinski definition) is 3. The van der Waals surface area contributed by atoms with Crippen molar-refractivity contribution >= 4 is 29.5 Å². The third kappa shape index (κ3) is 4.67. The summed E-state index contributed by atoms with van der Waals surface area (Å²) in [5.74, 6) is -0.216. The summed E-state index contributed by atoms with van der Waals surface area (Å²) in [7, 11) is 0. The summed E-state index contributed by atoms with van der Waals surface area (Å²) in [6, 6.07) is 15.4. The van der Waals surface area contributed by atoms with Crippen LogP contribution in [0.15, 0.2) is 54.6 Å². The molecule has 0 aliphatic carbocycles. The molecule has 2 aromatic carbocycles. The molecule has 0 spiro atoms. The van der Waals surface area contributed by atoms with Crippen molar-refractivity contribution < 1.29 is 14.4 Å². The first kappa shape index (κ1) is 21.5. The number of anilines is 1. The fourth-order valence-corrected chi connectivity index (χ4v) is 3.79. The molecule has 5 nitrogen and oxygen atoms in total. The van der Waals surface area contributed by atoms with E-state index < -0.39 is 5.41 Å². The molecular formula is C25H28N2O3. The van der Waals surface area contributed by atoms with Crippen LogP contribution < -0.4 is 10.6 Å². The van der Waals surface area contributed by atoms with E-state index in [-0.39, 0.29) is 17.7 Å². The first-order valence-electron chi connectivity index (χ1n) is 10.4. The standard InChI is InChI=1S/C25H28N2O3/c1-4-25(16-15-23(29)27-24(25)30)20-10-12-21(13-11-20)26-22(28)14-7-18-5-8-19(9-6-18)17(2)3/h5-14,17H,4,15-16H2,1-3H3,(H,26,28)(H,27,29,30). The number of hydrogen-bond donors (Lipinski definition) is 2. The van der Waals surface area contributed by atoms with Crippen molar-refractivity contribution in [1.82, 2.24) is 5.32 Å². The molecule has 3 rings (SSSR count). The Bertz CT molecular complexity index is 959. The maximum atomic E-state index is 12.5. The monoisotopic (exact) mass is 404 g/mol. The predicted octanol–water partition coefficient (Wildman–Crippen LogP) is 4.55. The summed E-state index contributed by atoms with van der Waals surface area (Å²) < 4.78 is 0. The molecule has 1 heterocycles. The molecule has 0 bridgehead atoms. The van der Waals surface area contributed by atoms with Gasteiger partial charge in [-0.05, 0) is 53.7 Å². The van der Waals surface area contributed by atoms with Crippen LogP contribution in [-0.4, -0.2) is 17.7 Å². The molecule has 0 radical (unpaired) electrons. The van der Waals surface area contributed by atoms with Crippen molar-refractivity contribution in [3.05, 3.63) is 71.3 Å². The number of imide groups is 1. The van der Waals surface area contributed by atoms with Crippen LogP contribution in [0, 0.1) is 0 Å². The van der Waals surface area contributed by atoms with E-state index in [9.17, 15) is 14.4 Å². The second-order valence-electron chi connectivity index (χ2n) is 8.03. The van der Waals surface area contributed by atoms with Crippen LogP contribution in [0.2, 0.25) is 0 Å². The highest BCUT2D eigenvalue weighted by Gasteiger charge is 2.42. The molecular weight excluding hydrogens is 376 g/mol. The molecule has 2 N–H and O–H groups in total. The normalized spacial score (nSPS) is 19.2. The molecule has 2 aromatic rings. The minimum atomic E-state index is -0.696. The Kier molecular flexibility index (Phi) is 6.50. The van der Waals surface area contributed by atoms with Crippen molar-refractivity contribution in [2.75, 3.05) is 5.32 Å². The first-order chi connectivity index (χ1) is 14.3. The summed E-state index contributed by atoms with van der Waals surface area (Å²) in [6.07, 6.45) is 4.73. The maximum Gasteiger partial charge on any atom is 0.248 e. The Hall–Kier alpha value is -3.21. The second kappa shape index (κ2) is 9.08. The van der Waals surface area contributed by atoms with Gasteiger partial charge in [-0.1, -0.05) is 57.2 Å². The van der Waals surface area contributed by atoms with Gasteiger partial charge < -0.3 is 5.32 Å². The molecule has 1 atom stereocenters. The van der Waals surface area contributed by atoms with Gasteiger partial charge in [0, 0.05) is 18.2 Å². The smallest absolute Gasteiger partial charge is 0.248 e. The lowest BCUT2D eigenvalue weighted by Crippen LogP contribution is -2.51. The average molecular weight is 405 g/mol. The zero-order chi connectivity index (χ0) is 21.7. The summed E-state index contributed by atoms with van der Waals surface area (Å²) in [5.41, 5.74) is 3.04. The lowest BCUT2D eigenvalue weighted by atomic mass is 9.72. The van der Waals surface area contributed by atoms with Crippen LogP contribution >= 0.6 is 0 Å². The molecule has 30 heavy (non-hydrogen) atoms. The Labute approximate surface area is 177 Å². The highest BCUT2D eigenvalue weighted by Crippen LogP contribution is 2.36. The van der Waals surface area contributed by atoms with Gasteiger partial charge in [0.05, 0.1) is 5.41 Å². The van der Waals surface area contributed by atoms with Crippen LogP contribution in [0.5, 0.6) is 0 Å². The van der Waals surface area contributed by atoms with Gasteiger partial charge >= 0.3 is 0 Å². The zero-order valence-electron chi connectivity index (χ0n) is 17.7. The van der Waals surface area contributed by atoms with E-state index in [1.807, 2.05) is 31.2 Å². The van der Waals surface area contributed by atoms with E-state index in [0.29, 0.717) is 30.9 Å². The lowest BCUT2D eigenvalue weighted by Gasteiger charge is -2.35. The van der Waals surface area contributed by atoms with Gasteiger partial charge in [-0.2, -0.15) is 0 Å². The number of amides is 3. The van der Waals surface area contributed by atoms with E-state index in [1.165, 1.54) is 11.6 Å². The van der Waals surface area contributed by atoms with Crippen LogP contribution in [0.4, 0.5) is 5.69 Å². The van der Waals surface area contributed by atoms with E-state index in [1.54, 1.807) is 18.2 Å². The lowest BCUT2D eigenvalue weighted by molar-refractivity contribution is -0.138. The van der Waals surface area contributed by atoms with Crippen molar-refractivity contribution in [1.29, 1.82) is 0 Å². The molecule has 1 fully saturated rings. The fraction of sp³-hybridized carbons (Fsp3) is 0.320. The van der Waals surface area contributed by atoms with Gasteiger partial charge in [-0.15, -0.1) is 0 Å². The van der Waals surface area contributed by atoms with Crippen molar-refractivity contribution in [3.8, 4) is 0 Å². The third-order valence-electron chi connectivity index (χ3n) is 5.81. The molecule has 0 saturated carbocycles. The van der Waals surface area contributed by atoms with E-state index in [4.69, 9.17) is 0 Å². The molecule has 1 aliphatic heterocycles. The number of carbonyl (C=O) groups is 3. The van der Waals surface area contributed by atoms with E-state index in [0.717, 1.165) is 11.1 Å². The van der Waals surface area contributed by atoms with Crippen LogP contribution in [0.3, 0.4) is 0 Å². The van der Waals surface area contributed by atoms with Gasteiger partial charge in [0.25, 0.3) is 0 Å². The van der Waals surface area contributed by atoms with Crippen LogP contribution in [0.1, 0.15) is 62.6 Å². The minimum Gasteiger partial charge on any atom is -0.323 e. The Morgan fingerprint density at radius 2 is 1.77 bits per heavy atom. The number of piperidine rings is 1. The summed E-state index contributed by atoms with van der Waals surface area (Å²) in [4.78, 5) is 36.3. The third-order valence-corrected chi connectivity index (χ3v) is 5.81. The molecule has 1 saturated heterocycles. The Morgan fingerprint density at radius 3 is 2.33 bits per heavy atom. The zero-order valence-corrected chi connectivity index (χ0v) is 17.7. The van der Waals surface area contributed by atoms with Crippen LogP contribution in [0.25, 0.3) is 6.08 Å². The number of benzene rings is 2. The van der Waals surface area contributed by atoms with Gasteiger partial charge in [-0.3, -0.25) is 19.7 Å². The van der Waals surface area contributed by atoms with E-state index in [2.05, 4.69) is 36.6 Å². The quantitative estimate of drug-likeness (QED) is 0.548. The number of carbonyl (C=O) groups excluding carboxylic acids is 3. The molecule has 156 valence electrons. The summed E-state index contributed by atoms with van der Waals surface area (Å²) >= 11 is 0. The molecule has 1 unspecified atom stereocenters. The average Bonchev–Trinajstić information content (AvgIpc) is 2.74. The highest BCUT2D eigenvalue weighted by molar-refractivity contribution is 6.04. The molecule has 3 amide bonds. The van der Waals surface area contributed by atoms with Crippen LogP contribution in [-0.2, 0) is 19.8 Å². The SMILES string of the molecule is CCC1(c2ccc(NC(=O)C=Cc3ccc(C(C)C)cc3)cc2)CCC(=O)NC1=O. The van der Waals surface area contributed by atoms with Gasteiger partial charge in [0.2, 0.25) is 17.7 Å². The number of nitrogens with one attached hydrogen (secondary N) is 2. The van der Waals surface area contributed by atoms with Crippen molar-refractivity contribution in [3.63, 3.8) is 0 Å². The Balaban J connectivity index is 1.65. The fourth-order valence-electron chi connectivity index (χ4n) is 3.79.